The van der Waals surface area contributed by atoms with Crippen LogP contribution in [0.4, 0.5) is 0 Å². The SMILES string of the molecule is CCCCCCCCCCN1C(=O)CCC1C.CCCCN1CCCC1. The normalized spacial score (nSPS) is 20.5. The van der Waals surface area contributed by atoms with Gasteiger partial charge >= 0.3 is 0 Å². The fourth-order valence-electron chi connectivity index (χ4n) is 4.03. The van der Waals surface area contributed by atoms with Gasteiger partial charge in [0.15, 0.2) is 0 Å². The first-order valence-electron chi connectivity index (χ1n) is 11.7. The van der Waals surface area contributed by atoms with Gasteiger partial charge in [0.2, 0.25) is 5.91 Å². The van der Waals surface area contributed by atoms with Crippen LogP contribution in [0.25, 0.3) is 0 Å². The van der Waals surface area contributed by atoms with Crippen LogP contribution in [0.3, 0.4) is 0 Å². The van der Waals surface area contributed by atoms with E-state index < -0.39 is 0 Å². The van der Waals surface area contributed by atoms with E-state index in [1.165, 1.54) is 96.7 Å². The Morgan fingerprint density at radius 1 is 0.808 bits per heavy atom. The summed E-state index contributed by atoms with van der Waals surface area (Å²) in [6, 6.07) is 0.493. The predicted octanol–water partition coefficient (Wildman–Crippen LogP) is 6.02. The lowest BCUT2D eigenvalue weighted by atomic mass is 10.1. The van der Waals surface area contributed by atoms with Crippen molar-refractivity contribution >= 4 is 5.91 Å². The van der Waals surface area contributed by atoms with Crippen LogP contribution in [0.5, 0.6) is 0 Å². The third-order valence-corrected chi connectivity index (χ3v) is 5.91. The number of likely N-dealkylation sites (tertiary alicyclic amines) is 2. The largest absolute Gasteiger partial charge is 0.340 e. The number of hydrogen-bond acceptors (Lipinski definition) is 2. The molecule has 3 heteroatoms. The molecule has 0 bridgehead atoms. The zero-order chi connectivity index (χ0) is 19.0. The average Bonchev–Trinajstić information content (AvgIpc) is 3.27. The molecular weight excluding hydrogens is 320 g/mol. The summed E-state index contributed by atoms with van der Waals surface area (Å²) in [6.45, 7) is 11.8. The molecule has 0 N–H and O–H groups in total. The van der Waals surface area contributed by atoms with E-state index in [1.54, 1.807) is 0 Å². The molecule has 0 aromatic carbocycles. The minimum atomic E-state index is 0.375. The number of hydrogen-bond donors (Lipinski definition) is 0. The molecule has 1 amide bonds. The minimum absolute atomic E-state index is 0.375. The molecule has 1 unspecified atom stereocenters. The molecule has 154 valence electrons. The van der Waals surface area contributed by atoms with Crippen LogP contribution in [-0.4, -0.2) is 47.9 Å². The molecule has 26 heavy (non-hydrogen) atoms. The Labute approximate surface area is 163 Å². The van der Waals surface area contributed by atoms with Crippen molar-refractivity contribution in [3.8, 4) is 0 Å². The molecule has 2 aliphatic rings. The lowest BCUT2D eigenvalue weighted by Crippen LogP contribution is -2.31. The number of carbonyl (C=O) groups is 1. The van der Waals surface area contributed by atoms with E-state index in [9.17, 15) is 4.79 Å². The van der Waals surface area contributed by atoms with Crippen molar-refractivity contribution in [2.45, 2.75) is 117 Å². The molecule has 1 atom stereocenters. The first-order valence-corrected chi connectivity index (χ1v) is 11.7. The summed E-state index contributed by atoms with van der Waals surface area (Å²) in [7, 11) is 0. The number of carbonyl (C=O) groups excluding carboxylic acids is 1. The van der Waals surface area contributed by atoms with Crippen LogP contribution in [0.15, 0.2) is 0 Å². The zero-order valence-electron chi connectivity index (χ0n) is 18.1. The van der Waals surface area contributed by atoms with Gasteiger partial charge in [-0.2, -0.15) is 0 Å². The zero-order valence-corrected chi connectivity index (χ0v) is 18.1. The second-order valence-corrected chi connectivity index (χ2v) is 8.35. The highest BCUT2D eigenvalue weighted by atomic mass is 16.2. The first-order chi connectivity index (χ1) is 12.7. The fraction of sp³-hybridized carbons (Fsp3) is 0.957. The smallest absolute Gasteiger partial charge is 0.222 e. The van der Waals surface area contributed by atoms with E-state index in [0.717, 1.165) is 19.4 Å². The molecule has 0 saturated carbocycles. The summed E-state index contributed by atoms with van der Waals surface area (Å²) >= 11 is 0. The summed E-state index contributed by atoms with van der Waals surface area (Å²) in [5.74, 6) is 0.375. The molecule has 3 nitrogen and oxygen atoms in total. The van der Waals surface area contributed by atoms with Gasteiger partial charge in [0.1, 0.15) is 0 Å². The quantitative estimate of drug-likeness (QED) is 0.394. The van der Waals surface area contributed by atoms with Gasteiger partial charge in [0.25, 0.3) is 0 Å². The predicted molar refractivity (Wildman–Crippen MR) is 114 cm³/mol. The van der Waals surface area contributed by atoms with Gasteiger partial charge in [-0.3, -0.25) is 4.79 Å². The van der Waals surface area contributed by atoms with Gasteiger partial charge in [-0.05, 0) is 58.7 Å². The highest BCUT2D eigenvalue weighted by Crippen LogP contribution is 2.19. The van der Waals surface area contributed by atoms with E-state index in [4.69, 9.17) is 0 Å². The summed E-state index contributed by atoms with van der Waals surface area (Å²) in [5, 5.41) is 0. The van der Waals surface area contributed by atoms with Gasteiger partial charge in [0, 0.05) is 19.0 Å². The van der Waals surface area contributed by atoms with Crippen molar-refractivity contribution in [1.82, 2.24) is 9.80 Å². The third-order valence-electron chi connectivity index (χ3n) is 5.91. The Morgan fingerprint density at radius 3 is 1.92 bits per heavy atom. The second kappa shape index (κ2) is 15.5. The van der Waals surface area contributed by atoms with E-state index in [-0.39, 0.29) is 0 Å². The summed E-state index contributed by atoms with van der Waals surface area (Å²) in [6.07, 6.45) is 18.2. The van der Waals surface area contributed by atoms with E-state index in [1.807, 2.05) is 0 Å². The Balaban J connectivity index is 0.000000314. The van der Waals surface area contributed by atoms with Crippen molar-refractivity contribution in [2.24, 2.45) is 0 Å². The standard InChI is InChI=1S/C15H29NO.C8H17N/c1-3-4-5-6-7-8-9-10-13-16-14(2)11-12-15(16)17;1-2-3-6-9-7-4-5-8-9/h14H,3-13H2,1-2H3;2-8H2,1H3. The summed E-state index contributed by atoms with van der Waals surface area (Å²) < 4.78 is 0. The van der Waals surface area contributed by atoms with Crippen molar-refractivity contribution < 1.29 is 4.79 Å². The second-order valence-electron chi connectivity index (χ2n) is 8.35. The maximum absolute atomic E-state index is 11.5. The summed E-state index contributed by atoms with van der Waals surface area (Å²) in [5.41, 5.74) is 0. The summed E-state index contributed by atoms with van der Waals surface area (Å²) in [4.78, 5) is 16.2. The molecule has 0 spiro atoms. The number of unbranched alkanes of at least 4 members (excludes halogenated alkanes) is 8. The molecule has 2 aliphatic heterocycles. The third kappa shape index (κ3) is 10.5. The van der Waals surface area contributed by atoms with Crippen LogP contribution >= 0.6 is 0 Å². The lowest BCUT2D eigenvalue weighted by molar-refractivity contribution is -0.128. The highest BCUT2D eigenvalue weighted by molar-refractivity contribution is 5.78. The molecule has 0 radical (unpaired) electrons. The van der Waals surface area contributed by atoms with Crippen molar-refractivity contribution in [3.05, 3.63) is 0 Å². The Hall–Kier alpha value is -0.570. The average molecular weight is 367 g/mol. The van der Waals surface area contributed by atoms with Crippen molar-refractivity contribution in [3.63, 3.8) is 0 Å². The number of amides is 1. The monoisotopic (exact) mass is 366 g/mol. The lowest BCUT2D eigenvalue weighted by Gasteiger charge is -2.21. The molecule has 0 aromatic rings. The van der Waals surface area contributed by atoms with E-state index in [2.05, 4.69) is 30.6 Å². The topological polar surface area (TPSA) is 23.6 Å². The van der Waals surface area contributed by atoms with Gasteiger partial charge in [-0.15, -0.1) is 0 Å². The Kier molecular flexibility index (Phi) is 14.0. The van der Waals surface area contributed by atoms with E-state index in [0.29, 0.717) is 11.9 Å². The van der Waals surface area contributed by atoms with Crippen molar-refractivity contribution in [2.75, 3.05) is 26.2 Å². The molecule has 2 rings (SSSR count). The fourth-order valence-corrected chi connectivity index (χ4v) is 4.03. The Bertz CT molecular complexity index is 339. The van der Waals surface area contributed by atoms with Gasteiger partial charge in [0.05, 0.1) is 0 Å². The van der Waals surface area contributed by atoms with Crippen LogP contribution in [0.2, 0.25) is 0 Å². The van der Waals surface area contributed by atoms with Crippen molar-refractivity contribution in [1.29, 1.82) is 0 Å². The van der Waals surface area contributed by atoms with Gasteiger partial charge in [-0.25, -0.2) is 0 Å². The Morgan fingerprint density at radius 2 is 1.38 bits per heavy atom. The van der Waals surface area contributed by atoms with Crippen LogP contribution in [0, 0.1) is 0 Å². The highest BCUT2D eigenvalue weighted by Gasteiger charge is 2.26. The van der Waals surface area contributed by atoms with Gasteiger partial charge in [-0.1, -0.05) is 65.2 Å². The molecular formula is C23H46N2O. The molecule has 0 aliphatic carbocycles. The van der Waals surface area contributed by atoms with Crippen LogP contribution in [-0.2, 0) is 4.79 Å². The van der Waals surface area contributed by atoms with E-state index >= 15 is 0 Å². The first kappa shape index (κ1) is 23.5. The van der Waals surface area contributed by atoms with Gasteiger partial charge < -0.3 is 9.80 Å². The maximum Gasteiger partial charge on any atom is 0.222 e. The molecule has 0 aromatic heterocycles. The molecule has 2 heterocycles. The maximum atomic E-state index is 11.5. The number of rotatable bonds is 12. The molecule has 2 saturated heterocycles. The number of nitrogens with zero attached hydrogens (tertiary/aromatic N) is 2. The minimum Gasteiger partial charge on any atom is -0.340 e. The molecule has 2 fully saturated rings. The van der Waals surface area contributed by atoms with Crippen LogP contribution in [0.1, 0.15) is 111 Å². The van der Waals surface area contributed by atoms with Crippen LogP contribution < -0.4 is 0 Å².